The monoisotopic (exact) mass is 325 g/mol. The summed E-state index contributed by atoms with van der Waals surface area (Å²) in [6.45, 7) is 2.88. The smallest absolute Gasteiger partial charge is 0.321 e. The van der Waals surface area contributed by atoms with E-state index in [0.29, 0.717) is 16.5 Å². The molecule has 2 amide bonds. The van der Waals surface area contributed by atoms with Gasteiger partial charge in [0.25, 0.3) is 0 Å². The zero-order valence-corrected chi connectivity index (χ0v) is 14.3. The third-order valence-electron chi connectivity index (χ3n) is 4.00. The van der Waals surface area contributed by atoms with Crippen LogP contribution in [0.4, 0.5) is 14.9 Å². The van der Waals surface area contributed by atoms with Crippen LogP contribution in [0, 0.1) is 11.7 Å². The van der Waals surface area contributed by atoms with Crippen molar-refractivity contribution in [2.45, 2.75) is 17.7 Å². The number of likely N-dealkylation sites (tertiary alicyclic amines) is 1. The molecular formula is C16H24FN3OS. The van der Waals surface area contributed by atoms with Crippen LogP contribution in [-0.2, 0) is 0 Å². The first kappa shape index (κ1) is 17.1. The summed E-state index contributed by atoms with van der Waals surface area (Å²) in [4.78, 5) is 16.8. The van der Waals surface area contributed by atoms with Crippen LogP contribution in [-0.4, -0.2) is 55.8 Å². The molecular weight excluding hydrogens is 301 g/mol. The third kappa shape index (κ3) is 4.61. The van der Waals surface area contributed by atoms with Crippen molar-refractivity contribution in [3.63, 3.8) is 0 Å². The molecule has 4 nitrogen and oxygen atoms in total. The van der Waals surface area contributed by atoms with Crippen molar-refractivity contribution in [3.05, 3.63) is 24.0 Å². The lowest BCUT2D eigenvalue weighted by Crippen LogP contribution is -2.41. The molecule has 1 saturated heterocycles. The molecule has 122 valence electrons. The molecule has 0 aromatic heterocycles. The van der Waals surface area contributed by atoms with Crippen LogP contribution in [0.5, 0.6) is 0 Å². The maximum absolute atomic E-state index is 13.7. The highest BCUT2D eigenvalue weighted by Gasteiger charge is 2.20. The molecule has 0 unspecified atom stereocenters. The average molecular weight is 325 g/mol. The van der Waals surface area contributed by atoms with E-state index >= 15 is 0 Å². The molecule has 0 aliphatic carbocycles. The van der Waals surface area contributed by atoms with Gasteiger partial charge in [-0.1, -0.05) is 0 Å². The normalized spacial score (nSPS) is 19.0. The zero-order valence-electron chi connectivity index (χ0n) is 13.4. The number of hydrogen-bond donors (Lipinski definition) is 1. The molecule has 0 bridgehead atoms. The summed E-state index contributed by atoms with van der Waals surface area (Å²) in [7, 11) is 3.90. The predicted molar refractivity (Wildman–Crippen MR) is 90.1 cm³/mol. The van der Waals surface area contributed by atoms with Gasteiger partial charge in [0.15, 0.2) is 0 Å². The maximum atomic E-state index is 13.7. The Kier molecular flexibility index (Phi) is 6.08. The van der Waals surface area contributed by atoms with Crippen molar-refractivity contribution in [2.24, 2.45) is 5.92 Å². The molecule has 1 fully saturated rings. The first-order valence-electron chi connectivity index (χ1n) is 7.53. The summed E-state index contributed by atoms with van der Waals surface area (Å²) in [5, 5.41) is 2.76. The Hall–Kier alpha value is -1.27. The van der Waals surface area contributed by atoms with Crippen LogP contribution in [0.3, 0.4) is 0 Å². The van der Waals surface area contributed by atoms with Crippen molar-refractivity contribution >= 4 is 23.5 Å². The van der Waals surface area contributed by atoms with Crippen molar-refractivity contribution in [3.8, 4) is 0 Å². The fraction of sp³-hybridized carbons (Fsp3) is 0.562. The van der Waals surface area contributed by atoms with Gasteiger partial charge in [0, 0.05) is 30.7 Å². The van der Waals surface area contributed by atoms with Gasteiger partial charge in [-0.2, -0.15) is 0 Å². The Bertz CT molecular complexity index is 526. The number of amides is 2. The predicted octanol–water partition coefficient (Wildman–Crippen LogP) is 3.35. The zero-order chi connectivity index (χ0) is 16.1. The Morgan fingerprint density at radius 1 is 1.55 bits per heavy atom. The average Bonchev–Trinajstić information content (AvgIpc) is 2.47. The van der Waals surface area contributed by atoms with E-state index in [0.717, 1.165) is 26.1 Å². The topological polar surface area (TPSA) is 35.6 Å². The van der Waals surface area contributed by atoms with Crippen LogP contribution in [0.1, 0.15) is 12.8 Å². The van der Waals surface area contributed by atoms with Gasteiger partial charge in [-0.25, -0.2) is 9.18 Å². The number of nitrogens with zero attached hydrogens (tertiary/aromatic N) is 2. The highest BCUT2D eigenvalue weighted by Crippen LogP contribution is 2.22. The lowest BCUT2D eigenvalue weighted by molar-refractivity contribution is 0.170. The van der Waals surface area contributed by atoms with Gasteiger partial charge >= 0.3 is 6.03 Å². The summed E-state index contributed by atoms with van der Waals surface area (Å²) in [5.41, 5.74) is 0.493. The van der Waals surface area contributed by atoms with E-state index in [1.165, 1.54) is 24.2 Å². The molecule has 2 rings (SSSR count). The number of carbonyl (C=O) groups is 1. The molecule has 0 spiro atoms. The van der Waals surface area contributed by atoms with E-state index in [4.69, 9.17) is 0 Å². The van der Waals surface area contributed by atoms with Gasteiger partial charge in [0.2, 0.25) is 0 Å². The summed E-state index contributed by atoms with van der Waals surface area (Å²) in [5.74, 6) is 0.201. The largest absolute Gasteiger partial charge is 0.327 e. The molecule has 1 aromatic carbocycles. The highest BCUT2D eigenvalue weighted by molar-refractivity contribution is 7.98. The molecule has 1 aliphatic rings. The van der Waals surface area contributed by atoms with Gasteiger partial charge in [0.1, 0.15) is 5.82 Å². The van der Waals surface area contributed by atoms with Gasteiger partial charge in [-0.15, -0.1) is 11.8 Å². The number of urea groups is 1. The summed E-state index contributed by atoms with van der Waals surface area (Å²) in [6.07, 6.45) is 4.16. The number of nitrogens with one attached hydrogen (secondary N) is 1. The van der Waals surface area contributed by atoms with Crippen molar-refractivity contribution in [1.82, 2.24) is 9.80 Å². The molecule has 1 N–H and O–H groups in total. The maximum Gasteiger partial charge on any atom is 0.321 e. The fourth-order valence-corrected chi connectivity index (χ4v) is 3.31. The fourth-order valence-electron chi connectivity index (χ4n) is 2.86. The third-order valence-corrected chi connectivity index (χ3v) is 4.77. The van der Waals surface area contributed by atoms with E-state index in [9.17, 15) is 9.18 Å². The Morgan fingerprint density at radius 3 is 2.95 bits per heavy atom. The van der Waals surface area contributed by atoms with Gasteiger partial charge in [-0.05, 0) is 56.8 Å². The number of rotatable bonds is 4. The van der Waals surface area contributed by atoms with Crippen molar-refractivity contribution in [2.75, 3.05) is 45.3 Å². The first-order chi connectivity index (χ1) is 10.5. The number of piperidine rings is 1. The SMILES string of the molecule is CSc1ccc(NC(=O)N(C)C[C@@H]2CCCN(C)C2)cc1F. The minimum Gasteiger partial charge on any atom is -0.327 e. The van der Waals surface area contributed by atoms with Crippen LogP contribution >= 0.6 is 11.8 Å². The van der Waals surface area contributed by atoms with Crippen LogP contribution in [0.25, 0.3) is 0 Å². The Balaban J connectivity index is 1.89. The van der Waals surface area contributed by atoms with Crippen LogP contribution in [0.15, 0.2) is 23.1 Å². The molecule has 0 radical (unpaired) electrons. The standard InChI is InChI=1S/C16H24FN3OS/c1-19-8-4-5-12(10-19)11-20(2)16(21)18-13-6-7-15(22-3)14(17)9-13/h6-7,9,12H,4-5,8,10-11H2,1-3H3,(H,18,21)/t12-/m1/s1. The van der Waals surface area contributed by atoms with Crippen molar-refractivity contribution < 1.29 is 9.18 Å². The quantitative estimate of drug-likeness (QED) is 0.862. The van der Waals surface area contributed by atoms with Crippen LogP contribution < -0.4 is 5.32 Å². The van der Waals surface area contributed by atoms with E-state index < -0.39 is 0 Å². The number of benzene rings is 1. The van der Waals surface area contributed by atoms with Gasteiger partial charge in [0.05, 0.1) is 0 Å². The molecule has 1 heterocycles. The second-order valence-corrected chi connectivity index (χ2v) is 6.78. The summed E-state index contributed by atoms with van der Waals surface area (Å²) >= 11 is 1.35. The minimum absolute atomic E-state index is 0.190. The lowest BCUT2D eigenvalue weighted by Gasteiger charge is -2.32. The number of hydrogen-bond acceptors (Lipinski definition) is 3. The van der Waals surface area contributed by atoms with Gasteiger partial charge < -0.3 is 15.1 Å². The molecule has 22 heavy (non-hydrogen) atoms. The Morgan fingerprint density at radius 2 is 2.32 bits per heavy atom. The van der Waals surface area contributed by atoms with E-state index in [-0.39, 0.29) is 11.8 Å². The van der Waals surface area contributed by atoms with E-state index in [2.05, 4.69) is 17.3 Å². The molecule has 6 heteroatoms. The lowest BCUT2D eigenvalue weighted by atomic mass is 9.98. The summed E-state index contributed by atoms with van der Waals surface area (Å²) < 4.78 is 13.7. The van der Waals surface area contributed by atoms with Gasteiger partial charge in [-0.3, -0.25) is 0 Å². The van der Waals surface area contributed by atoms with E-state index in [1.54, 1.807) is 24.1 Å². The number of halogens is 1. The highest BCUT2D eigenvalue weighted by atomic mass is 32.2. The minimum atomic E-state index is -0.304. The second kappa shape index (κ2) is 7.83. The molecule has 1 atom stereocenters. The Labute approximate surface area is 136 Å². The number of thioether (sulfide) groups is 1. The molecule has 1 aliphatic heterocycles. The summed E-state index contributed by atoms with van der Waals surface area (Å²) in [6, 6.07) is 4.59. The first-order valence-corrected chi connectivity index (χ1v) is 8.76. The molecule has 0 saturated carbocycles. The van der Waals surface area contributed by atoms with E-state index in [1.807, 2.05) is 6.26 Å². The number of carbonyl (C=O) groups excluding carboxylic acids is 1. The molecule has 1 aromatic rings. The number of anilines is 1. The second-order valence-electron chi connectivity index (χ2n) is 5.93. The van der Waals surface area contributed by atoms with Crippen LogP contribution in [0.2, 0.25) is 0 Å². The van der Waals surface area contributed by atoms with Crippen molar-refractivity contribution in [1.29, 1.82) is 0 Å².